The minimum atomic E-state index is -0.0894. The van der Waals surface area contributed by atoms with E-state index in [4.69, 9.17) is 11.6 Å². The monoisotopic (exact) mass is 429 g/mol. The number of aromatic nitrogens is 3. The first kappa shape index (κ1) is 21.4. The Labute approximate surface area is 180 Å². The minimum Gasteiger partial charge on any atom is -0.325 e. The van der Waals surface area contributed by atoms with Gasteiger partial charge in [0.25, 0.3) is 0 Å². The Kier molecular flexibility index (Phi) is 6.95. The van der Waals surface area contributed by atoms with Crippen LogP contribution in [-0.4, -0.2) is 45.4 Å². The van der Waals surface area contributed by atoms with Crippen molar-refractivity contribution < 1.29 is 4.79 Å². The van der Waals surface area contributed by atoms with Crippen LogP contribution >= 0.6 is 23.4 Å². The van der Waals surface area contributed by atoms with Gasteiger partial charge in [0.15, 0.2) is 11.0 Å². The highest BCUT2D eigenvalue weighted by atomic mass is 35.5. The summed E-state index contributed by atoms with van der Waals surface area (Å²) < 4.78 is 1.98. The smallest absolute Gasteiger partial charge is 0.234 e. The van der Waals surface area contributed by atoms with E-state index in [-0.39, 0.29) is 17.7 Å². The summed E-state index contributed by atoms with van der Waals surface area (Å²) in [4.78, 5) is 14.5. The molecule has 2 aromatic carbocycles. The van der Waals surface area contributed by atoms with E-state index in [1.165, 1.54) is 11.8 Å². The molecule has 3 rings (SSSR count). The summed E-state index contributed by atoms with van der Waals surface area (Å²) in [5.74, 6) is 0.947. The van der Waals surface area contributed by atoms with Crippen LogP contribution in [0, 0.1) is 6.92 Å². The van der Waals surface area contributed by atoms with Crippen molar-refractivity contribution in [1.29, 1.82) is 0 Å². The highest BCUT2D eigenvalue weighted by Gasteiger charge is 2.21. The van der Waals surface area contributed by atoms with Crippen molar-refractivity contribution in [3.05, 3.63) is 64.9 Å². The molecule has 0 spiro atoms. The summed E-state index contributed by atoms with van der Waals surface area (Å²) in [6, 6.07) is 15.3. The van der Waals surface area contributed by atoms with Crippen LogP contribution in [0.5, 0.6) is 0 Å². The molecule has 1 atom stereocenters. The Hall–Kier alpha value is -2.35. The summed E-state index contributed by atoms with van der Waals surface area (Å²) in [6.07, 6.45) is 0. The number of hydrogen-bond donors (Lipinski definition) is 1. The quantitative estimate of drug-likeness (QED) is 0.557. The van der Waals surface area contributed by atoms with E-state index in [0.717, 1.165) is 22.8 Å². The van der Waals surface area contributed by atoms with Gasteiger partial charge in [-0.2, -0.15) is 0 Å². The third kappa shape index (κ3) is 5.38. The van der Waals surface area contributed by atoms with Gasteiger partial charge in [0.05, 0.1) is 11.8 Å². The maximum absolute atomic E-state index is 12.4. The lowest BCUT2D eigenvalue weighted by Gasteiger charge is -2.20. The van der Waals surface area contributed by atoms with E-state index >= 15 is 0 Å². The van der Waals surface area contributed by atoms with Crippen LogP contribution in [0.3, 0.4) is 0 Å². The number of carbonyl (C=O) groups excluding carboxylic acids is 1. The van der Waals surface area contributed by atoms with Crippen molar-refractivity contribution in [3.8, 4) is 5.69 Å². The molecule has 0 aliphatic carbocycles. The van der Waals surface area contributed by atoms with Gasteiger partial charge in [-0.1, -0.05) is 35.5 Å². The van der Waals surface area contributed by atoms with Crippen LogP contribution in [0.1, 0.15) is 24.4 Å². The van der Waals surface area contributed by atoms with Crippen LogP contribution < -0.4 is 5.32 Å². The number of thioether (sulfide) groups is 1. The molecule has 3 aromatic rings. The number of anilines is 1. The topological polar surface area (TPSA) is 63.1 Å². The molecule has 1 amide bonds. The van der Waals surface area contributed by atoms with Crippen LogP contribution in [-0.2, 0) is 4.79 Å². The normalized spacial score (nSPS) is 12.2. The molecule has 0 aliphatic rings. The Morgan fingerprint density at radius 1 is 1.21 bits per heavy atom. The lowest BCUT2D eigenvalue weighted by Crippen LogP contribution is -2.21. The number of nitrogens with one attached hydrogen (secondary N) is 1. The summed E-state index contributed by atoms with van der Waals surface area (Å²) in [5.41, 5.74) is 2.79. The highest BCUT2D eigenvalue weighted by molar-refractivity contribution is 7.99. The van der Waals surface area contributed by atoms with Crippen LogP contribution in [0.15, 0.2) is 53.7 Å². The number of hydrogen-bond acceptors (Lipinski definition) is 5. The van der Waals surface area contributed by atoms with Crippen LogP contribution in [0.4, 0.5) is 5.69 Å². The predicted molar refractivity (Wildman–Crippen MR) is 119 cm³/mol. The molecule has 1 heterocycles. The molecule has 0 aliphatic heterocycles. The second kappa shape index (κ2) is 9.43. The number of nitrogens with zero attached hydrogens (tertiary/aromatic N) is 4. The molecule has 152 valence electrons. The SMILES string of the molecule is Cc1cccc(NC(=O)CSc2nnc([C@@H](C)N(C)C)n2-c2ccc(Cl)cc2)c1. The first-order valence-electron chi connectivity index (χ1n) is 9.22. The van der Waals surface area contributed by atoms with Gasteiger partial charge in [-0.25, -0.2) is 0 Å². The van der Waals surface area contributed by atoms with Gasteiger partial charge in [-0.3, -0.25) is 14.3 Å². The average molecular weight is 430 g/mol. The average Bonchev–Trinajstić information content (AvgIpc) is 3.10. The molecule has 0 bridgehead atoms. The Balaban J connectivity index is 1.81. The number of carbonyl (C=O) groups is 1. The van der Waals surface area contributed by atoms with Gasteiger partial charge >= 0.3 is 0 Å². The predicted octanol–water partition coefficient (Wildman–Crippen LogP) is 4.58. The van der Waals surface area contributed by atoms with Gasteiger partial charge in [-0.05, 0) is 69.9 Å². The molecule has 0 saturated carbocycles. The van der Waals surface area contributed by atoms with Gasteiger partial charge in [0, 0.05) is 16.4 Å². The second-order valence-corrected chi connectivity index (χ2v) is 8.38. The Bertz CT molecular complexity index is 987. The van der Waals surface area contributed by atoms with E-state index in [1.807, 2.05) is 74.1 Å². The van der Waals surface area contributed by atoms with E-state index in [0.29, 0.717) is 10.2 Å². The van der Waals surface area contributed by atoms with Crippen LogP contribution in [0.25, 0.3) is 5.69 Å². The van der Waals surface area contributed by atoms with Crippen LogP contribution in [0.2, 0.25) is 5.02 Å². The summed E-state index contributed by atoms with van der Waals surface area (Å²) in [6.45, 7) is 4.06. The molecule has 0 unspecified atom stereocenters. The van der Waals surface area contributed by atoms with E-state index in [1.54, 1.807) is 0 Å². The molecular weight excluding hydrogens is 406 g/mol. The lowest BCUT2D eigenvalue weighted by molar-refractivity contribution is -0.113. The molecule has 8 heteroatoms. The first-order valence-corrected chi connectivity index (χ1v) is 10.6. The number of amides is 1. The molecule has 0 fully saturated rings. The van der Waals surface area contributed by atoms with Crippen molar-refractivity contribution in [2.45, 2.75) is 25.0 Å². The third-order valence-electron chi connectivity index (χ3n) is 4.53. The zero-order valence-electron chi connectivity index (χ0n) is 16.9. The van der Waals surface area contributed by atoms with Gasteiger partial charge in [-0.15, -0.1) is 10.2 Å². The van der Waals surface area contributed by atoms with E-state index in [9.17, 15) is 4.79 Å². The Morgan fingerprint density at radius 3 is 2.59 bits per heavy atom. The molecule has 29 heavy (non-hydrogen) atoms. The molecular formula is C21H24ClN5OS. The van der Waals surface area contributed by atoms with Gasteiger partial charge in [0.2, 0.25) is 5.91 Å². The number of benzene rings is 2. The number of aryl methyl sites for hydroxylation is 1. The van der Waals surface area contributed by atoms with E-state index in [2.05, 4.69) is 27.3 Å². The van der Waals surface area contributed by atoms with Crippen molar-refractivity contribution in [2.24, 2.45) is 0 Å². The zero-order chi connectivity index (χ0) is 21.0. The molecule has 1 N–H and O–H groups in total. The minimum absolute atomic E-state index is 0.0497. The maximum atomic E-state index is 12.4. The maximum Gasteiger partial charge on any atom is 0.234 e. The first-order chi connectivity index (χ1) is 13.8. The van der Waals surface area contributed by atoms with Gasteiger partial charge in [0.1, 0.15) is 0 Å². The molecule has 0 saturated heterocycles. The van der Waals surface area contributed by atoms with Gasteiger partial charge < -0.3 is 5.32 Å². The van der Waals surface area contributed by atoms with E-state index < -0.39 is 0 Å². The Morgan fingerprint density at radius 2 is 1.93 bits per heavy atom. The second-order valence-electron chi connectivity index (χ2n) is 7.00. The zero-order valence-corrected chi connectivity index (χ0v) is 18.5. The molecule has 1 aromatic heterocycles. The van der Waals surface area contributed by atoms with Crippen molar-refractivity contribution in [2.75, 3.05) is 25.2 Å². The number of rotatable bonds is 7. The summed E-state index contributed by atoms with van der Waals surface area (Å²) in [5, 5.41) is 13.0. The highest BCUT2D eigenvalue weighted by Crippen LogP contribution is 2.27. The lowest BCUT2D eigenvalue weighted by atomic mass is 10.2. The summed E-state index contributed by atoms with van der Waals surface area (Å²) >= 11 is 7.40. The fourth-order valence-corrected chi connectivity index (χ4v) is 3.64. The number of halogens is 1. The largest absolute Gasteiger partial charge is 0.325 e. The fraction of sp³-hybridized carbons (Fsp3) is 0.286. The third-order valence-corrected chi connectivity index (χ3v) is 5.71. The van der Waals surface area contributed by atoms with Crippen molar-refractivity contribution in [1.82, 2.24) is 19.7 Å². The fourth-order valence-electron chi connectivity index (χ4n) is 2.76. The molecule has 6 nitrogen and oxygen atoms in total. The summed E-state index contributed by atoms with van der Waals surface area (Å²) in [7, 11) is 3.99. The van der Waals surface area contributed by atoms with Crippen molar-refractivity contribution in [3.63, 3.8) is 0 Å². The molecule has 0 radical (unpaired) electrons. The standard InChI is InChI=1S/C21H24ClN5OS/c1-14-6-5-7-17(12-14)23-19(28)13-29-21-25-24-20(15(2)26(3)4)27(21)18-10-8-16(22)9-11-18/h5-12,15H,13H2,1-4H3,(H,23,28)/t15-/m1/s1. The van der Waals surface area contributed by atoms with Crippen molar-refractivity contribution >= 4 is 35.0 Å².